The molecule has 5 nitrogen and oxygen atoms in total. The Morgan fingerprint density at radius 2 is 1.72 bits per heavy atom. The van der Waals surface area contributed by atoms with E-state index in [0.29, 0.717) is 12.0 Å². The van der Waals surface area contributed by atoms with Gasteiger partial charge in [-0.1, -0.05) is 50.8 Å². The van der Waals surface area contributed by atoms with Gasteiger partial charge in [0, 0.05) is 6.07 Å². The van der Waals surface area contributed by atoms with E-state index in [1.165, 1.54) is 18.6 Å². The van der Waals surface area contributed by atoms with Gasteiger partial charge in [0.25, 0.3) is 10.1 Å². The topological polar surface area (TPSA) is 83.8 Å². The molecule has 0 saturated carbocycles. The second-order valence-electron chi connectivity index (χ2n) is 5.98. The van der Waals surface area contributed by atoms with Gasteiger partial charge >= 0.3 is 0 Å². The smallest absolute Gasteiger partial charge is 0.294 e. The molecule has 0 heterocycles. The van der Waals surface area contributed by atoms with E-state index in [-0.39, 0.29) is 22.1 Å². The minimum atomic E-state index is -4.35. The third-order valence-electron chi connectivity index (χ3n) is 3.96. The van der Waals surface area contributed by atoms with Gasteiger partial charge < -0.3 is 9.84 Å². The summed E-state index contributed by atoms with van der Waals surface area (Å²) in [6.45, 7) is 2.14. The highest BCUT2D eigenvalue weighted by Gasteiger charge is 2.17. The van der Waals surface area contributed by atoms with Crippen molar-refractivity contribution in [3.63, 3.8) is 0 Å². The molecule has 2 aromatic rings. The quantitative estimate of drug-likeness (QED) is 0.486. The number of unbranched alkanes of at least 4 members (excludes halogenated alkanes) is 4. The van der Waals surface area contributed by atoms with E-state index in [1.54, 1.807) is 30.3 Å². The summed E-state index contributed by atoms with van der Waals surface area (Å²) in [5, 5.41) is 9.75. The second-order valence-corrected chi connectivity index (χ2v) is 7.37. The monoisotopic (exact) mass is 364 g/mol. The zero-order valence-electron chi connectivity index (χ0n) is 14.3. The van der Waals surface area contributed by atoms with Crippen LogP contribution in [0.25, 0.3) is 0 Å². The number of ether oxygens (including phenoxy) is 1. The Labute approximate surface area is 149 Å². The largest absolute Gasteiger partial charge is 0.504 e. The van der Waals surface area contributed by atoms with Crippen LogP contribution in [0.2, 0.25) is 0 Å². The Kier molecular flexibility index (Phi) is 6.84. The first-order valence-corrected chi connectivity index (χ1v) is 9.92. The summed E-state index contributed by atoms with van der Waals surface area (Å²) in [7, 11) is -4.35. The SMILES string of the molecule is CCCCCCCc1ccc(Oc2ccccc2O)cc1S(=O)(=O)O. The normalized spacial score (nSPS) is 11.4. The highest BCUT2D eigenvalue weighted by Crippen LogP contribution is 2.32. The summed E-state index contributed by atoms with van der Waals surface area (Å²) in [6, 6.07) is 11.0. The molecule has 136 valence electrons. The highest BCUT2D eigenvalue weighted by atomic mass is 32.2. The summed E-state index contributed by atoms with van der Waals surface area (Å²) in [5.74, 6) is 0.413. The average Bonchev–Trinajstić information content (AvgIpc) is 2.57. The molecule has 0 atom stereocenters. The molecule has 25 heavy (non-hydrogen) atoms. The molecule has 2 N–H and O–H groups in total. The Bertz CT molecular complexity index is 799. The number of para-hydroxylation sites is 2. The standard InChI is InChI=1S/C19H24O5S/c1-2-3-4-5-6-9-15-12-13-16(14-19(15)25(21,22)23)24-18-11-8-7-10-17(18)20/h7-8,10-14,20H,2-6,9H2,1H3,(H,21,22,23). The van der Waals surface area contributed by atoms with E-state index in [9.17, 15) is 18.1 Å². The zero-order chi connectivity index (χ0) is 18.3. The molecule has 0 amide bonds. The lowest BCUT2D eigenvalue weighted by molar-refractivity contribution is 0.410. The molecule has 0 aromatic heterocycles. The van der Waals surface area contributed by atoms with Crippen molar-refractivity contribution in [1.82, 2.24) is 0 Å². The van der Waals surface area contributed by atoms with E-state index in [0.717, 1.165) is 25.7 Å². The average molecular weight is 364 g/mol. The fraction of sp³-hybridized carbons (Fsp3) is 0.368. The van der Waals surface area contributed by atoms with Gasteiger partial charge in [-0.3, -0.25) is 4.55 Å². The van der Waals surface area contributed by atoms with Crippen LogP contribution < -0.4 is 4.74 Å². The lowest BCUT2D eigenvalue weighted by Gasteiger charge is -2.11. The Morgan fingerprint density at radius 3 is 2.40 bits per heavy atom. The van der Waals surface area contributed by atoms with Crippen LogP contribution in [0.1, 0.15) is 44.6 Å². The van der Waals surface area contributed by atoms with Gasteiger partial charge in [-0.15, -0.1) is 0 Å². The summed E-state index contributed by atoms with van der Waals surface area (Å²) >= 11 is 0. The number of aryl methyl sites for hydroxylation is 1. The van der Waals surface area contributed by atoms with Gasteiger partial charge in [0.1, 0.15) is 10.6 Å². The first kappa shape index (κ1) is 19.3. The molecule has 0 bridgehead atoms. The lowest BCUT2D eigenvalue weighted by Crippen LogP contribution is -2.04. The van der Waals surface area contributed by atoms with E-state index in [1.807, 2.05) is 0 Å². The van der Waals surface area contributed by atoms with Crippen LogP contribution in [0.3, 0.4) is 0 Å². The molecule has 0 unspecified atom stereocenters. The Morgan fingerprint density at radius 1 is 1.00 bits per heavy atom. The molecule has 0 aliphatic rings. The van der Waals surface area contributed by atoms with Crippen LogP contribution in [-0.4, -0.2) is 18.1 Å². The van der Waals surface area contributed by atoms with Gasteiger partial charge in [0.05, 0.1) is 0 Å². The predicted octanol–water partition coefficient (Wildman–Crippen LogP) is 4.94. The molecule has 6 heteroatoms. The Hall–Kier alpha value is -2.05. The fourth-order valence-corrected chi connectivity index (χ4v) is 3.40. The van der Waals surface area contributed by atoms with Gasteiger partial charge in [0.15, 0.2) is 11.5 Å². The fourth-order valence-electron chi connectivity index (χ4n) is 2.63. The zero-order valence-corrected chi connectivity index (χ0v) is 15.1. The number of phenols is 1. The minimum Gasteiger partial charge on any atom is -0.504 e. The number of hydrogen-bond acceptors (Lipinski definition) is 4. The van der Waals surface area contributed by atoms with Crippen LogP contribution in [0.15, 0.2) is 47.4 Å². The molecular formula is C19H24O5S. The van der Waals surface area contributed by atoms with Crippen molar-refractivity contribution in [3.8, 4) is 17.2 Å². The molecule has 0 fully saturated rings. The maximum atomic E-state index is 11.7. The predicted molar refractivity (Wildman–Crippen MR) is 96.9 cm³/mol. The maximum Gasteiger partial charge on any atom is 0.294 e. The Balaban J connectivity index is 2.18. The number of phenolic OH excluding ortho intramolecular Hbond substituents is 1. The molecular weight excluding hydrogens is 340 g/mol. The first-order chi connectivity index (χ1) is 11.9. The summed E-state index contributed by atoms with van der Waals surface area (Å²) in [6.07, 6.45) is 5.89. The van der Waals surface area contributed by atoms with Crippen molar-refractivity contribution in [2.75, 3.05) is 0 Å². The second kappa shape index (κ2) is 8.87. The van der Waals surface area contributed by atoms with Crippen molar-refractivity contribution >= 4 is 10.1 Å². The molecule has 0 radical (unpaired) electrons. The first-order valence-electron chi connectivity index (χ1n) is 8.48. The number of rotatable bonds is 9. The van der Waals surface area contributed by atoms with Gasteiger partial charge in [-0.05, 0) is 36.6 Å². The molecule has 0 spiro atoms. The van der Waals surface area contributed by atoms with Crippen LogP contribution in [0, 0.1) is 0 Å². The van der Waals surface area contributed by atoms with E-state index in [2.05, 4.69) is 6.92 Å². The third-order valence-corrected chi connectivity index (χ3v) is 4.90. The van der Waals surface area contributed by atoms with Gasteiger partial charge in [-0.2, -0.15) is 8.42 Å². The van der Waals surface area contributed by atoms with Crippen molar-refractivity contribution < 1.29 is 22.8 Å². The van der Waals surface area contributed by atoms with E-state index in [4.69, 9.17) is 4.74 Å². The van der Waals surface area contributed by atoms with E-state index < -0.39 is 10.1 Å². The molecule has 0 aliphatic heterocycles. The van der Waals surface area contributed by atoms with Crippen molar-refractivity contribution in [2.24, 2.45) is 0 Å². The summed E-state index contributed by atoms with van der Waals surface area (Å²) in [4.78, 5) is -0.143. The maximum absolute atomic E-state index is 11.7. The molecule has 2 aromatic carbocycles. The summed E-state index contributed by atoms with van der Waals surface area (Å²) < 4.78 is 38.5. The third kappa shape index (κ3) is 5.76. The van der Waals surface area contributed by atoms with Crippen LogP contribution in [0.4, 0.5) is 0 Å². The van der Waals surface area contributed by atoms with E-state index >= 15 is 0 Å². The van der Waals surface area contributed by atoms with Crippen LogP contribution in [-0.2, 0) is 16.5 Å². The van der Waals surface area contributed by atoms with Crippen LogP contribution >= 0.6 is 0 Å². The van der Waals surface area contributed by atoms with Crippen molar-refractivity contribution in [2.45, 2.75) is 50.3 Å². The molecule has 2 rings (SSSR count). The number of aromatic hydroxyl groups is 1. The highest BCUT2D eigenvalue weighted by molar-refractivity contribution is 7.85. The molecule has 0 aliphatic carbocycles. The van der Waals surface area contributed by atoms with Crippen LogP contribution in [0.5, 0.6) is 17.2 Å². The molecule has 0 saturated heterocycles. The number of benzene rings is 2. The lowest BCUT2D eigenvalue weighted by atomic mass is 10.1. The van der Waals surface area contributed by atoms with Crippen molar-refractivity contribution in [3.05, 3.63) is 48.0 Å². The summed E-state index contributed by atoms with van der Waals surface area (Å²) in [5.41, 5.74) is 0.573. The van der Waals surface area contributed by atoms with Gasteiger partial charge in [0.2, 0.25) is 0 Å². The van der Waals surface area contributed by atoms with Crippen molar-refractivity contribution in [1.29, 1.82) is 0 Å². The van der Waals surface area contributed by atoms with Gasteiger partial charge in [-0.25, -0.2) is 0 Å². The number of hydrogen-bond donors (Lipinski definition) is 2. The minimum absolute atomic E-state index is 0.0455.